The van der Waals surface area contributed by atoms with Crippen LogP contribution >= 0.6 is 0 Å². The lowest BCUT2D eigenvalue weighted by atomic mass is 9.62. The van der Waals surface area contributed by atoms with Gasteiger partial charge in [0, 0.05) is 91.6 Å². The molecule has 0 unspecified atom stereocenters. The number of rotatable bonds is 8. The van der Waals surface area contributed by atoms with Crippen LogP contribution in [0.15, 0.2) is 194 Å². The molecule has 0 amide bonds. The zero-order valence-electron chi connectivity index (χ0n) is 91.2. The lowest BCUT2D eigenvalue weighted by Gasteiger charge is -2.42. The Labute approximate surface area is 580 Å². The third-order valence-electron chi connectivity index (χ3n) is 16.3. The van der Waals surface area contributed by atoms with Crippen LogP contribution in [0.4, 0.5) is 0 Å². The van der Waals surface area contributed by atoms with Crippen LogP contribution in [0, 0.1) is 20.0 Å². The van der Waals surface area contributed by atoms with Crippen molar-refractivity contribution in [3.63, 3.8) is 0 Å². The Morgan fingerprint density at radius 3 is 1.70 bits per heavy atom. The monoisotopic (exact) mass is 1190 g/mol. The molecule has 13 aromatic rings. The van der Waals surface area contributed by atoms with Crippen molar-refractivity contribution in [3.8, 4) is 56.6 Å². The number of hydrogen-bond donors (Lipinski definition) is 0. The van der Waals surface area contributed by atoms with Gasteiger partial charge in [-0.3, -0.25) is 13.7 Å². The predicted octanol–water partition coefficient (Wildman–Crippen LogP) is 21.0. The van der Waals surface area contributed by atoms with E-state index in [1.807, 2.05) is 37.5 Å². The van der Waals surface area contributed by atoms with E-state index in [1.54, 1.807) is 71.4 Å². The van der Waals surface area contributed by atoms with Crippen LogP contribution in [0.2, 0.25) is 0 Å². The minimum atomic E-state index is -4.89. The molecular formula is C82H79N5O. The highest BCUT2D eigenvalue weighted by Gasteiger charge is 2.39. The summed E-state index contributed by atoms with van der Waals surface area (Å²) in [6.07, 6.45) is -14.7. The fourth-order valence-corrected chi connectivity index (χ4v) is 12.1. The molecule has 438 valence electrons. The minimum absolute atomic E-state index is 0.0118. The molecule has 6 heteroatoms. The summed E-state index contributed by atoms with van der Waals surface area (Å²) in [7, 11) is 0. The third-order valence-corrected chi connectivity index (χ3v) is 16.3. The fraction of sp³-hybridized carbons (Fsp3) is 0.268. The van der Waals surface area contributed by atoms with Gasteiger partial charge >= 0.3 is 0 Å². The van der Waals surface area contributed by atoms with Crippen LogP contribution < -0.4 is 9.30 Å². The quantitative estimate of drug-likeness (QED) is 0.112. The summed E-state index contributed by atoms with van der Waals surface area (Å²) < 4.78 is 420. The molecule has 0 spiro atoms. The standard InChI is InChI=1S/C82H79N5O/c1-51-20-16-26-64-65-27-17-21-52(2)76(65)86(75(51)64)57-32-34-62-63-35-33-59(49-73(63)87(72(62)48-57)74-46-55(38-43-83-74)78(3,4)5)88-58-23-18-22-56(47-58)84-50-85(71-29-15-14-28-70(71)84)77-60(53-30-36-66-68(44-53)81(10,11)41-39-79(66,6)7)24-19-25-61(77)54-31-37-67-69(45-54)82(12,13)42-40-80(67,8)9/h14-38,43-49H,39-42H2,1-13H3/i1D3,2D3,6D3,7D3,8D3,9D3,10D3,11D3,12D3,13D3,30D,31D,36D,37D,39D2,40D2,41D2,42D2,44D,45D. The normalized spacial score (nSPS) is 27.0. The Kier molecular flexibility index (Phi) is 5.75. The van der Waals surface area contributed by atoms with Gasteiger partial charge in [-0.25, -0.2) is 4.98 Å². The van der Waals surface area contributed by atoms with E-state index in [9.17, 15) is 19.2 Å². The number of nitrogens with zero attached hydrogens (tertiary/aromatic N) is 5. The molecule has 0 radical (unpaired) electrons. The van der Waals surface area contributed by atoms with Gasteiger partial charge in [-0.2, -0.15) is 0 Å². The van der Waals surface area contributed by atoms with Crippen LogP contribution in [0.1, 0.15) is 200 Å². The van der Waals surface area contributed by atoms with Gasteiger partial charge in [0.25, 0.3) is 6.33 Å². The summed E-state index contributed by atoms with van der Waals surface area (Å²) in [5, 5.41) is 2.19. The van der Waals surface area contributed by atoms with Crippen molar-refractivity contribution in [1.29, 1.82) is 0 Å². The minimum Gasteiger partial charge on any atom is -0.458 e. The summed E-state index contributed by atoms with van der Waals surface area (Å²) in [6.45, 7) is -36.1. The topological polar surface area (TPSA) is 40.8 Å². The van der Waals surface area contributed by atoms with Crippen molar-refractivity contribution in [2.75, 3.05) is 0 Å². The first-order valence-electron chi connectivity index (χ1n) is 49.9. The fourth-order valence-electron chi connectivity index (χ4n) is 12.1. The summed E-state index contributed by atoms with van der Waals surface area (Å²) in [5.41, 5.74) is -30.2. The smallest absolute Gasteiger partial charge is 0.269 e. The summed E-state index contributed by atoms with van der Waals surface area (Å²) >= 11 is 0. The maximum Gasteiger partial charge on any atom is 0.269 e. The second-order valence-electron chi connectivity index (χ2n) is 23.2. The van der Waals surface area contributed by atoms with Crippen LogP contribution in [-0.2, 0) is 27.1 Å². The molecule has 0 atom stereocenters. The number of para-hydroxylation sites is 5. The number of fused-ring (bicyclic) bond motifs is 9. The SMILES string of the molecule is [2H]c1c([2H])c2c(c([2H])c1-c1cccc(-c3c([2H])c([2H])c4c(c3[2H])C(C([2H])([2H])[2H])(C([2H])([2H])[2H])C([2H])([2H])C([2H])([2H])C4(C([2H])([2H])[2H])C([2H])([2H])[2H])c1-[n+]1[c-]n(-c3cccc(Oc4ccc5c6ccc(-n7c8c(C([2H])([2H])[2H])cccc8c8cccc(C([2H])([2H])[2H])c87)cc6n(-c6cc(C(C)(C)C)ccn6)c5c4)c3)c3ccccc31)C(C([2H])([2H])[2H])(C([2H])([2H])[2H])C([2H])([2H])C([2H])([2H])C2(C([2H])([2H])[2H])C([2H])([2H])[2H]. The molecule has 0 saturated heterocycles. The van der Waals surface area contributed by atoms with Crippen molar-refractivity contribution in [3.05, 3.63) is 239 Å². The van der Waals surface area contributed by atoms with E-state index in [1.165, 1.54) is 65.2 Å². The maximum atomic E-state index is 10.5. The number of hydrogen-bond acceptors (Lipinski definition) is 2. The van der Waals surface area contributed by atoms with Crippen LogP contribution in [-0.4, -0.2) is 18.7 Å². The summed E-state index contributed by atoms with van der Waals surface area (Å²) in [5.74, 6) is 0.559. The summed E-state index contributed by atoms with van der Waals surface area (Å²) in [4.78, 5) is 4.90. The van der Waals surface area contributed by atoms with Gasteiger partial charge < -0.3 is 9.30 Å². The molecular weight excluding hydrogens is 1070 g/mol. The average molecular weight is 1190 g/mol. The number of benzene rings is 9. The molecule has 0 aliphatic heterocycles. The van der Waals surface area contributed by atoms with E-state index in [-0.39, 0.29) is 50.4 Å². The zero-order valence-corrected chi connectivity index (χ0v) is 47.2. The first kappa shape index (κ1) is 25.6. The Morgan fingerprint density at radius 2 is 1.09 bits per heavy atom. The molecule has 2 aliphatic carbocycles. The van der Waals surface area contributed by atoms with Gasteiger partial charge in [-0.1, -0.05) is 203 Å². The number of pyridine rings is 1. The van der Waals surface area contributed by atoms with Gasteiger partial charge in [-0.05, 0) is 182 Å². The molecule has 4 aromatic heterocycles. The van der Waals surface area contributed by atoms with Crippen molar-refractivity contribution >= 4 is 54.6 Å². The lowest BCUT2D eigenvalue weighted by molar-refractivity contribution is -0.571. The Bertz CT molecular complexity index is 6670. The van der Waals surface area contributed by atoms with E-state index < -0.39 is 208 Å². The molecule has 0 saturated carbocycles. The summed E-state index contributed by atoms with van der Waals surface area (Å²) in [6, 6.07) is 27.2. The second kappa shape index (κ2) is 19.8. The molecule has 15 rings (SSSR count). The van der Waals surface area contributed by atoms with Crippen LogP contribution in [0.3, 0.4) is 0 Å². The molecule has 0 fully saturated rings. The average Bonchev–Trinajstić information content (AvgIpc) is 0.704. The van der Waals surface area contributed by atoms with E-state index in [4.69, 9.17) is 50.8 Å². The van der Waals surface area contributed by atoms with Crippen molar-refractivity contribution in [2.45, 2.75) is 142 Å². The second-order valence-corrected chi connectivity index (χ2v) is 23.2. The molecule has 4 heterocycles. The van der Waals surface area contributed by atoms with Crippen molar-refractivity contribution < 1.29 is 69.6 Å². The van der Waals surface area contributed by atoms with E-state index in [2.05, 4.69) is 6.33 Å². The van der Waals surface area contributed by atoms with E-state index in [0.29, 0.717) is 44.1 Å². The maximum absolute atomic E-state index is 10.5. The molecule has 9 aromatic carbocycles. The Balaban J connectivity index is 1.03. The first-order chi connectivity index (χ1) is 60.1. The van der Waals surface area contributed by atoms with Gasteiger partial charge in [0.05, 0.1) is 52.7 Å². The van der Waals surface area contributed by atoms with Gasteiger partial charge in [0.15, 0.2) is 0 Å². The highest BCUT2D eigenvalue weighted by Crippen LogP contribution is 2.50. The van der Waals surface area contributed by atoms with Crippen molar-refractivity contribution in [2.24, 2.45) is 0 Å². The largest absolute Gasteiger partial charge is 0.458 e. The first-order valence-corrected chi connectivity index (χ1v) is 27.9. The van der Waals surface area contributed by atoms with Gasteiger partial charge in [-0.15, -0.1) is 0 Å². The Hall–Kier alpha value is -9.00. The number of aryl methyl sites for hydroxylation is 2. The highest BCUT2D eigenvalue weighted by atomic mass is 16.5. The van der Waals surface area contributed by atoms with Gasteiger partial charge in [0.1, 0.15) is 17.3 Å². The molecule has 2 aliphatic rings. The van der Waals surface area contributed by atoms with Gasteiger partial charge in [0.2, 0.25) is 0 Å². The molecule has 0 N–H and O–H groups in total. The van der Waals surface area contributed by atoms with Crippen LogP contribution in [0.5, 0.6) is 11.5 Å². The Morgan fingerprint density at radius 1 is 0.523 bits per heavy atom. The number of aromatic nitrogens is 5. The third kappa shape index (κ3) is 8.86. The van der Waals surface area contributed by atoms with E-state index >= 15 is 0 Å². The van der Waals surface area contributed by atoms with E-state index in [0.717, 1.165) is 28.3 Å². The molecule has 0 bridgehead atoms. The van der Waals surface area contributed by atoms with Crippen LogP contribution in [0.25, 0.3) is 99.8 Å². The predicted molar refractivity (Wildman–Crippen MR) is 366 cm³/mol. The van der Waals surface area contributed by atoms with Crippen molar-refractivity contribution in [1.82, 2.24) is 18.7 Å². The zero-order chi connectivity index (χ0) is 98.4. The molecule has 6 nitrogen and oxygen atoms in total. The lowest BCUT2D eigenvalue weighted by Crippen LogP contribution is -2.34. The molecule has 88 heavy (non-hydrogen) atoms. The number of ether oxygens (including phenoxy) is 1. The highest BCUT2D eigenvalue weighted by molar-refractivity contribution is 6.13. The number of imidazole rings is 1.